The van der Waals surface area contributed by atoms with Gasteiger partial charge in [0.05, 0.1) is 11.1 Å². The molecule has 23 heavy (non-hydrogen) atoms. The number of fused-ring (bicyclic) bond motifs is 1. The van der Waals surface area contributed by atoms with Gasteiger partial charge < -0.3 is 4.42 Å². The van der Waals surface area contributed by atoms with Crippen LogP contribution >= 0.6 is 11.3 Å². The molecule has 0 spiro atoms. The molecule has 0 aliphatic heterocycles. The van der Waals surface area contributed by atoms with Crippen molar-refractivity contribution in [2.75, 3.05) is 5.32 Å². The summed E-state index contributed by atoms with van der Waals surface area (Å²) in [6.07, 6.45) is 1.77. The van der Waals surface area contributed by atoms with Gasteiger partial charge >= 0.3 is 5.76 Å². The number of amides is 1. The molecule has 0 saturated carbocycles. The Kier molecular flexibility index (Phi) is 3.60. The van der Waals surface area contributed by atoms with E-state index in [1.165, 1.54) is 15.9 Å². The highest BCUT2D eigenvalue weighted by atomic mass is 32.1. The summed E-state index contributed by atoms with van der Waals surface area (Å²) in [6, 6.07) is 5.08. The lowest BCUT2D eigenvalue weighted by molar-refractivity contribution is 0.102. The van der Waals surface area contributed by atoms with Gasteiger partial charge in [-0.05, 0) is 17.5 Å². The minimum absolute atomic E-state index is 0.0210. The van der Waals surface area contributed by atoms with E-state index < -0.39 is 5.76 Å². The monoisotopic (exact) mass is 331 g/mol. The fourth-order valence-corrected chi connectivity index (χ4v) is 3.04. The number of nitrogens with one attached hydrogen (secondary N) is 1. The third-order valence-electron chi connectivity index (χ3n) is 3.53. The van der Waals surface area contributed by atoms with Gasteiger partial charge in [0, 0.05) is 18.1 Å². The number of aryl methyl sites for hydroxylation is 1. The molecule has 0 bridgehead atoms. The molecule has 0 fully saturated rings. The number of benzene rings is 1. The second-order valence-electron chi connectivity index (χ2n) is 6.31. The fraction of sp³-hybridized carbons (Fsp3) is 0.312. The van der Waals surface area contributed by atoms with E-state index >= 15 is 0 Å². The van der Waals surface area contributed by atoms with E-state index in [0.29, 0.717) is 16.2 Å². The van der Waals surface area contributed by atoms with Crippen LogP contribution in [0.2, 0.25) is 0 Å². The van der Waals surface area contributed by atoms with Crippen LogP contribution in [0.5, 0.6) is 0 Å². The molecule has 2 heterocycles. The van der Waals surface area contributed by atoms with Gasteiger partial charge in [0.15, 0.2) is 10.7 Å². The molecule has 0 aliphatic rings. The number of aromatic nitrogens is 2. The van der Waals surface area contributed by atoms with E-state index in [4.69, 9.17) is 4.42 Å². The van der Waals surface area contributed by atoms with Gasteiger partial charge in [-0.25, -0.2) is 9.78 Å². The first kappa shape index (κ1) is 15.5. The van der Waals surface area contributed by atoms with Crippen molar-refractivity contribution in [3.63, 3.8) is 0 Å². The van der Waals surface area contributed by atoms with Crippen molar-refractivity contribution in [1.29, 1.82) is 0 Å². The third-order valence-corrected chi connectivity index (χ3v) is 4.87. The lowest BCUT2D eigenvalue weighted by Gasteiger charge is -2.14. The van der Waals surface area contributed by atoms with Gasteiger partial charge in [0.1, 0.15) is 0 Å². The summed E-state index contributed by atoms with van der Waals surface area (Å²) in [5.74, 6) is -0.843. The van der Waals surface area contributed by atoms with Gasteiger partial charge in [-0.15, -0.1) is 11.3 Å². The van der Waals surface area contributed by atoms with E-state index in [-0.39, 0.29) is 16.9 Å². The van der Waals surface area contributed by atoms with E-state index in [1.54, 1.807) is 31.4 Å². The average Bonchev–Trinajstić information content (AvgIpc) is 3.05. The Morgan fingerprint density at radius 3 is 2.74 bits per heavy atom. The molecule has 1 aromatic carbocycles. The zero-order chi connectivity index (χ0) is 16.8. The molecule has 2 aromatic heterocycles. The number of anilines is 1. The number of para-hydroxylation sites is 1. The number of thiazole rings is 1. The predicted octanol–water partition coefficient (Wildman–Crippen LogP) is 3.14. The summed E-state index contributed by atoms with van der Waals surface area (Å²) in [6.45, 7) is 6.27. The van der Waals surface area contributed by atoms with Crippen LogP contribution in [-0.4, -0.2) is 15.5 Å². The maximum Gasteiger partial charge on any atom is 0.419 e. The maximum absolute atomic E-state index is 12.5. The number of hydrogen-bond acceptors (Lipinski definition) is 5. The molecule has 3 rings (SSSR count). The zero-order valence-electron chi connectivity index (χ0n) is 13.3. The third kappa shape index (κ3) is 2.79. The average molecular weight is 331 g/mol. The number of rotatable bonds is 2. The van der Waals surface area contributed by atoms with Gasteiger partial charge in [0.25, 0.3) is 5.91 Å². The minimum Gasteiger partial charge on any atom is -0.407 e. The highest BCUT2D eigenvalue weighted by Gasteiger charge is 2.20. The number of carbonyl (C=O) groups excluding carboxylic acids is 1. The van der Waals surface area contributed by atoms with Crippen molar-refractivity contribution in [3.05, 3.63) is 45.4 Å². The molecule has 6 nitrogen and oxygen atoms in total. The fourth-order valence-electron chi connectivity index (χ4n) is 2.17. The molecule has 0 atom stereocenters. The molecule has 1 N–H and O–H groups in total. The first-order valence-corrected chi connectivity index (χ1v) is 7.95. The highest BCUT2D eigenvalue weighted by Crippen LogP contribution is 2.30. The molecule has 0 saturated heterocycles. The van der Waals surface area contributed by atoms with Crippen molar-refractivity contribution in [1.82, 2.24) is 9.55 Å². The summed E-state index contributed by atoms with van der Waals surface area (Å²) in [7, 11) is 1.60. The van der Waals surface area contributed by atoms with Crippen LogP contribution in [0.15, 0.2) is 33.6 Å². The number of oxazole rings is 1. The molecular formula is C16H17N3O3S. The van der Waals surface area contributed by atoms with Crippen LogP contribution in [0, 0.1) is 0 Å². The standard InChI is InChI=1S/C16H17N3O3S/c1-16(2,3)11-8-17-14(23-11)18-13(20)9-6-5-7-10-12(9)22-15(21)19(10)4/h5-8H,1-4H3,(H,17,18,20). The SMILES string of the molecule is Cn1c(=O)oc2c(C(=O)Nc3ncc(C(C)(C)C)s3)cccc21. The van der Waals surface area contributed by atoms with Crippen molar-refractivity contribution >= 4 is 33.5 Å². The Morgan fingerprint density at radius 2 is 2.09 bits per heavy atom. The van der Waals surface area contributed by atoms with Crippen LogP contribution < -0.4 is 11.1 Å². The predicted molar refractivity (Wildman–Crippen MR) is 90.2 cm³/mol. The Hall–Kier alpha value is -2.41. The van der Waals surface area contributed by atoms with E-state index in [0.717, 1.165) is 4.88 Å². The van der Waals surface area contributed by atoms with Gasteiger partial charge in [-0.2, -0.15) is 0 Å². The van der Waals surface area contributed by atoms with Crippen molar-refractivity contribution in [3.8, 4) is 0 Å². The van der Waals surface area contributed by atoms with Crippen molar-refractivity contribution < 1.29 is 9.21 Å². The van der Waals surface area contributed by atoms with Crippen molar-refractivity contribution in [2.45, 2.75) is 26.2 Å². The smallest absolute Gasteiger partial charge is 0.407 e. The number of nitrogens with zero attached hydrogens (tertiary/aromatic N) is 2. The Morgan fingerprint density at radius 1 is 1.35 bits per heavy atom. The summed E-state index contributed by atoms with van der Waals surface area (Å²) in [5.41, 5.74) is 1.15. The highest BCUT2D eigenvalue weighted by molar-refractivity contribution is 7.15. The van der Waals surface area contributed by atoms with Crippen LogP contribution in [0.4, 0.5) is 5.13 Å². The Labute approximate surface area is 136 Å². The van der Waals surface area contributed by atoms with Crippen LogP contribution in [0.25, 0.3) is 11.1 Å². The minimum atomic E-state index is -0.496. The first-order chi connectivity index (χ1) is 10.8. The quantitative estimate of drug-likeness (QED) is 0.782. The molecule has 120 valence electrons. The van der Waals surface area contributed by atoms with Gasteiger partial charge in [0.2, 0.25) is 0 Å². The molecule has 0 radical (unpaired) electrons. The second kappa shape index (κ2) is 5.34. The summed E-state index contributed by atoms with van der Waals surface area (Å²) < 4.78 is 6.55. The van der Waals surface area contributed by atoms with Gasteiger partial charge in [-0.3, -0.25) is 14.7 Å². The number of hydrogen-bond donors (Lipinski definition) is 1. The van der Waals surface area contributed by atoms with Crippen molar-refractivity contribution in [2.24, 2.45) is 7.05 Å². The summed E-state index contributed by atoms with van der Waals surface area (Å²) >= 11 is 1.44. The van der Waals surface area contributed by atoms with E-state index in [9.17, 15) is 9.59 Å². The largest absolute Gasteiger partial charge is 0.419 e. The van der Waals surface area contributed by atoms with Crippen LogP contribution in [0.1, 0.15) is 36.0 Å². The molecule has 7 heteroatoms. The lowest BCUT2D eigenvalue weighted by Crippen LogP contribution is -2.12. The lowest BCUT2D eigenvalue weighted by atomic mass is 9.96. The molecule has 0 aliphatic carbocycles. The van der Waals surface area contributed by atoms with Crippen LogP contribution in [0.3, 0.4) is 0 Å². The molecule has 1 amide bonds. The number of carbonyl (C=O) groups is 1. The topological polar surface area (TPSA) is 77.1 Å². The normalized spacial score (nSPS) is 11.8. The first-order valence-electron chi connectivity index (χ1n) is 7.13. The van der Waals surface area contributed by atoms with E-state index in [1.807, 2.05) is 0 Å². The van der Waals surface area contributed by atoms with E-state index in [2.05, 4.69) is 31.1 Å². The molecule has 3 aromatic rings. The maximum atomic E-state index is 12.5. The summed E-state index contributed by atoms with van der Waals surface area (Å²) in [4.78, 5) is 29.5. The zero-order valence-corrected chi connectivity index (χ0v) is 14.2. The van der Waals surface area contributed by atoms with Crippen LogP contribution in [-0.2, 0) is 12.5 Å². The molecule has 0 unspecified atom stereocenters. The molecular weight excluding hydrogens is 314 g/mol. The van der Waals surface area contributed by atoms with Gasteiger partial charge in [-0.1, -0.05) is 26.8 Å². The Bertz CT molecular complexity index is 944. The summed E-state index contributed by atoms with van der Waals surface area (Å²) in [5, 5.41) is 3.29. The Balaban J connectivity index is 1.94. The second-order valence-corrected chi connectivity index (χ2v) is 7.35.